The van der Waals surface area contributed by atoms with Crippen molar-refractivity contribution in [3.63, 3.8) is 0 Å². The average molecular weight is 392 g/mol. The summed E-state index contributed by atoms with van der Waals surface area (Å²) in [6.07, 6.45) is 3.37. The van der Waals surface area contributed by atoms with E-state index >= 15 is 0 Å². The van der Waals surface area contributed by atoms with Crippen LogP contribution in [0.3, 0.4) is 0 Å². The number of carboxylic acid groups (broad SMARTS) is 1. The van der Waals surface area contributed by atoms with E-state index in [9.17, 15) is 4.79 Å². The first-order valence-electron chi connectivity index (χ1n) is 8.46. The van der Waals surface area contributed by atoms with Gasteiger partial charge in [-0.3, -0.25) is 9.78 Å². The van der Waals surface area contributed by atoms with Gasteiger partial charge < -0.3 is 15.7 Å². The van der Waals surface area contributed by atoms with E-state index in [0.29, 0.717) is 11.5 Å². The van der Waals surface area contributed by atoms with Crippen LogP contribution in [0.25, 0.3) is 21.5 Å². The minimum absolute atomic E-state index is 0.219. The zero-order valence-electron chi connectivity index (χ0n) is 14.9. The molecule has 0 fully saturated rings. The lowest BCUT2D eigenvalue weighted by molar-refractivity contribution is -0.134. The lowest BCUT2D eigenvalue weighted by atomic mass is 10.2. The molecule has 3 N–H and O–H groups in total. The third-order valence-corrected chi connectivity index (χ3v) is 4.80. The van der Waals surface area contributed by atoms with Gasteiger partial charge in [-0.05, 0) is 37.3 Å². The standard InChI is InChI=1S/C19H16N6O2S/c1-11-22-15-7-13(4-5-16(15)28-11)23-17-8-14(12-3-2-6-20-9-12)24-19(25-17)21-10-18(26)27/h2-9H,10H2,1H3,(H,26,27)(H2,21,23,24,25). The van der Waals surface area contributed by atoms with Crippen LogP contribution >= 0.6 is 11.3 Å². The molecule has 140 valence electrons. The van der Waals surface area contributed by atoms with Crippen LogP contribution in [0.1, 0.15) is 5.01 Å². The molecule has 0 saturated heterocycles. The van der Waals surface area contributed by atoms with Gasteiger partial charge in [-0.1, -0.05) is 0 Å². The number of anilines is 3. The normalized spacial score (nSPS) is 10.8. The SMILES string of the molecule is Cc1nc2cc(Nc3cc(-c4cccnc4)nc(NCC(=O)O)n3)ccc2s1. The number of thiazole rings is 1. The molecule has 28 heavy (non-hydrogen) atoms. The number of hydrogen-bond donors (Lipinski definition) is 3. The largest absolute Gasteiger partial charge is 0.480 e. The summed E-state index contributed by atoms with van der Waals surface area (Å²) < 4.78 is 1.12. The highest BCUT2D eigenvalue weighted by Crippen LogP contribution is 2.27. The highest BCUT2D eigenvalue weighted by Gasteiger charge is 2.09. The molecule has 4 rings (SSSR count). The molecule has 1 aromatic carbocycles. The number of pyridine rings is 1. The summed E-state index contributed by atoms with van der Waals surface area (Å²) in [5.74, 6) is -0.237. The van der Waals surface area contributed by atoms with Crippen molar-refractivity contribution in [2.75, 3.05) is 17.2 Å². The fourth-order valence-corrected chi connectivity index (χ4v) is 3.48. The Kier molecular flexibility index (Phi) is 4.81. The van der Waals surface area contributed by atoms with E-state index in [4.69, 9.17) is 5.11 Å². The molecule has 0 saturated carbocycles. The number of aromatic nitrogens is 4. The van der Waals surface area contributed by atoms with Crippen molar-refractivity contribution < 1.29 is 9.90 Å². The quantitative estimate of drug-likeness (QED) is 0.455. The zero-order valence-corrected chi connectivity index (χ0v) is 15.7. The van der Waals surface area contributed by atoms with Crippen LogP contribution < -0.4 is 10.6 Å². The van der Waals surface area contributed by atoms with Gasteiger partial charge in [-0.2, -0.15) is 4.98 Å². The third-order valence-electron chi connectivity index (χ3n) is 3.85. The van der Waals surface area contributed by atoms with Crippen molar-refractivity contribution in [2.24, 2.45) is 0 Å². The second-order valence-electron chi connectivity index (χ2n) is 5.99. The average Bonchev–Trinajstić information content (AvgIpc) is 3.06. The molecule has 0 amide bonds. The fourth-order valence-electron chi connectivity index (χ4n) is 2.68. The van der Waals surface area contributed by atoms with Crippen molar-refractivity contribution in [1.29, 1.82) is 0 Å². The Hall–Kier alpha value is -3.59. The fraction of sp³-hybridized carbons (Fsp3) is 0.105. The summed E-state index contributed by atoms with van der Waals surface area (Å²) in [6, 6.07) is 11.4. The number of benzene rings is 1. The van der Waals surface area contributed by atoms with Gasteiger partial charge in [0.1, 0.15) is 12.4 Å². The van der Waals surface area contributed by atoms with Gasteiger partial charge in [0.05, 0.1) is 20.9 Å². The van der Waals surface area contributed by atoms with E-state index in [-0.39, 0.29) is 12.5 Å². The lowest BCUT2D eigenvalue weighted by Crippen LogP contribution is -2.15. The predicted molar refractivity (Wildman–Crippen MR) is 109 cm³/mol. The maximum Gasteiger partial charge on any atom is 0.322 e. The van der Waals surface area contributed by atoms with E-state index in [1.54, 1.807) is 29.8 Å². The van der Waals surface area contributed by atoms with Gasteiger partial charge in [0, 0.05) is 29.7 Å². The molecular weight excluding hydrogens is 376 g/mol. The predicted octanol–water partition coefficient (Wildman–Crippen LogP) is 3.70. The molecule has 0 aliphatic carbocycles. The van der Waals surface area contributed by atoms with Crippen LogP contribution in [0, 0.1) is 6.92 Å². The van der Waals surface area contributed by atoms with Gasteiger partial charge in [0.2, 0.25) is 5.95 Å². The van der Waals surface area contributed by atoms with E-state index in [1.807, 2.05) is 37.3 Å². The first-order chi connectivity index (χ1) is 13.6. The molecule has 0 unspecified atom stereocenters. The summed E-state index contributed by atoms with van der Waals surface area (Å²) in [5, 5.41) is 15.9. The van der Waals surface area contributed by atoms with Crippen LogP contribution in [0.5, 0.6) is 0 Å². The molecule has 0 atom stereocenters. The molecule has 8 nitrogen and oxygen atoms in total. The Labute approximate surface area is 164 Å². The Bertz CT molecular complexity index is 1150. The highest BCUT2D eigenvalue weighted by molar-refractivity contribution is 7.18. The number of nitrogens with one attached hydrogen (secondary N) is 2. The van der Waals surface area contributed by atoms with Crippen LogP contribution in [-0.4, -0.2) is 37.6 Å². The minimum atomic E-state index is -0.991. The number of carbonyl (C=O) groups is 1. The Morgan fingerprint density at radius 3 is 2.86 bits per heavy atom. The maximum atomic E-state index is 10.9. The second-order valence-corrected chi connectivity index (χ2v) is 7.23. The second kappa shape index (κ2) is 7.57. The zero-order chi connectivity index (χ0) is 19.5. The van der Waals surface area contributed by atoms with E-state index in [0.717, 1.165) is 26.5 Å². The number of aryl methyl sites for hydroxylation is 1. The number of rotatable bonds is 6. The van der Waals surface area contributed by atoms with Crippen molar-refractivity contribution in [1.82, 2.24) is 19.9 Å². The topological polar surface area (TPSA) is 113 Å². The first-order valence-corrected chi connectivity index (χ1v) is 9.28. The number of nitrogens with zero attached hydrogens (tertiary/aromatic N) is 4. The van der Waals surface area contributed by atoms with Crippen LogP contribution in [-0.2, 0) is 4.79 Å². The van der Waals surface area contributed by atoms with E-state index < -0.39 is 5.97 Å². The van der Waals surface area contributed by atoms with Gasteiger partial charge in [0.25, 0.3) is 0 Å². The molecule has 0 aliphatic heterocycles. The first kappa shape index (κ1) is 17.8. The number of hydrogen-bond acceptors (Lipinski definition) is 8. The summed E-state index contributed by atoms with van der Waals surface area (Å²) >= 11 is 1.64. The monoisotopic (exact) mass is 392 g/mol. The van der Waals surface area contributed by atoms with Gasteiger partial charge >= 0.3 is 5.97 Å². The molecule has 0 radical (unpaired) electrons. The number of carboxylic acids is 1. The molecule has 3 heterocycles. The molecule has 3 aromatic heterocycles. The van der Waals surface area contributed by atoms with Crippen molar-refractivity contribution >= 4 is 45.0 Å². The molecular formula is C19H16N6O2S. The van der Waals surface area contributed by atoms with Crippen LogP contribution in [0.2, 0.25) is 0 Å². The number of fused-ring (bicyclic) bond motifs is 1. The van der Waals surface area contributed by atoms with Crippen molar-refractivity contribution in [3.05, 3.63) is 53.8 Å². The van der Waals surface area contributed by atoms with Crippen molar-refractivity contribution in [3.8, 4) is 11.3 Å². The molecule has 9 heteroatoms. The smallest absolute Gasteiger partial charge is 0.322 e. The van der Waals surface area contributed by atoms with Crippen molar-refractivity contribution in [2.45, 2.75) is 6.92 Å². The number of aliphatic carboxylic acids is 1. The third kappa shape index (κ3) is 4.04. The van der Waals surface area contributed by atoms with Gasteiger partial charge in [-0.25, -0.2) is 9.97 Å². The molecule has 0 bridgehead atoms. The summed E-state index contributed by atoms with van der Waals surface area (Å²) in [6.45, 7) is 1.70. The Balaban J connectivity index is 1.69. The highest BCUT2D eigenvalue weighted by atomic mass is 32.1. The van der Waals surface area contributed by atoms with Crippen LogP contribution in [0.15, 0.2) is 48.8 Å². The van der Waals surface area contributed by atoms with E-state index in [2.05, 4.69) is 30.6 Å². The van der Waals surface area contributed by atoms with E-state index in [1.165, 1.54) is 0 Å². The minimum Gasteiger partial charge on any atom is -0.480 e. The van der Waals surface area contributed by atoms with Crippen LogP contribution in [0.4, 0.5) is 17.5 Å². The lowest BCUT2D eigenvalue weighted by Gasteiger charge is -2.11. The summed E-state index contributed by atoms with van der Waals surface area (Å²) in [5.41, 5.74) is 3.18. The summed E-state index contributed by atoms with van der Waals surface area (Å²) in [7, 11) is 0. The molecule has 0 aliphatic rings. The maximum absolute atomic E-state index is 10.9. The Morgan fingerprint density at radius 2 is 2.07 bits per heavy atom. The summed E-state index contributed by atoms with van der Waals surface area (Å²) in [4.78, 5) is 28.3. The van der Waals surface area contributed by atoms with Gasteiger partial charge in [-0.15, -0.1) is 11.3 Å². The molecule has 0 spiro atoms. The van der Waals surface area contributed by atoms with Gasteiger partial charge in [0.15, 0.2) is 0 Å². The molecule has 4 aromatic rings. The Morgan fingerprint density at radius 1 is 1.18 bits per heavy atom.